The normalized spacial score (nSPS) is 15.2. The van der Waals surface area contributed by atoms with Gasteiger partial charge in [0.2, 0.25) is 15.9 Å². The van der Waals surface area contributed by atoms with Crippen LogP contribution in [0.3, 0.4) is 0 Å². The number of sulfonamides is 1. The smallest absolute Gasteiger partial charge is 0.322 e. The van der Waals surface area contributed by atoms with Crippen LogP contribution in [0.2, 0.25) is 0 Å². The van der Waals surface area contributed by atoms with Crippen molar-refractivity contribution in [3.05, 3.63) is 65.5 Å². The number of nitrogens with zero attached hydrogens (tertiary/aromatic N) is 3. The Morgan fingerprint density at radius 2 is 1.67 bits per heavy atom. The van der Waals surface area contributed by atoms with Crippen LogP contribution in [-0.2, 0) is 16.4 Å². The lowest BCUT2D eigenvalue weighted by Gasteiger charge is -2.19. The summed E-state index contributed by atoms with van der Waals surface area (Å²) in [6, 6.07) is 13.9. The molecule has 2 aromatic carbocycles. The Bertz CT molecular complexity index is 1180. The van der Waals surface area contributed by atoms with Gasteiger partial charge in [-0.2, -0.15) is 4.31 Å². The highest BCUT2D eigenvalue weighted by molar-refractivity contribution is 7.98. The summed E-state index contributed by atoms with van der Waals surface area (Å²) in [6.07, 6.45) is 6.31. The summed E-state index contributed by atoms with van der Waals surface area (Å²) in [4.78, 5) is 13.9. The van der Waals surface area contributed by atoms with E-state index in [4.69, 9.17) is 4.42 Å². The molecule has 1 aliphatic rings. The van der Waals surface area contributed by atoms with Gasteiger partial charge in [-0.05, 0) is 61.1 Å². The molecule has 0 atom stereocenters. The van der Waals surface area contributed by atoms with Crippen LogP contribution >= 0.6 is 11.8 Å². The quantitative estimate of drug-likeness (QED) is 0.499. The fourth-order valence-electron chi connectivity index (χ4n) is 3.67. The molecule has 10 heteroatoms. The van der Waals surface area contributed by atoms with E-state index in [2.05, 4.69) is 15.5 Å². The third-order valence-electron chi connectivity index (χ3n) is 5.52. The van der Waals surface area contributed by atoms with Crippen LogP contribution in [0.15, 0.2) is 62.7 Å². The molecule has 0 bridgehead atoms. The standard InChI is InChI=1S/C23H26N4O4S2/c1-32-19-10-6-17(7-11-19)16-21-25-26-23(31-21)24-22(28)18-8-12-20(13-9-18)33(29,30)27-14-4-2-3-5-15-27/h6-13H,2-5,14-16H2,1H3,(H,24,26,28). The van der Waals surface area contributed by atoms with Gasteiger partial charge in [0.15, 0.2) is 0 Å². The van der Waals surface area contributed by atoms with Gasteiger partial charge >= 0.3 is 6.01 Å². The molecular weight excluding hydrogens is 460 g/mol. The summed E-state index contributed by atoms with van der Waals surface area (Å²) < 4.78 is 32.9. The van der Waals surface area contributed by atoms with Gasteiger partial charge < -0.3 is 4.42 Å². The monoisotopic (exact) mass is 486 g/mol. The van der Waals surface area contributed by atoms with E-state index in [0.717, 1.165) is 31.2 Å². The second-order valence-electron chi connectivity index (χ2n) is 7.82. The summed E-state index contributed by atoms with van der Waals surface area (Å²) in [5, 5.41) is 10.4. The van der Waals surface area contributed by atoms with Crippen molar-refractivity contribution >= 4 is 33.7 Å². The largest absolute Gasteiger partial charge is 0.407 e. The SMILES string of the molecule is CSc1ccc(Cc2nnc(NC(=O)c3ccc(S(=O)(=O)N4CCCCCC4)cc3)o2)cc1. The van der Waals surface area contributed by atoms with Crippen molar-refractivity contribution < 1.29 is 17.6 Å². The first-order chi connectivity index (χ1) is 16.0. The minimum atomic E-state index is -3.56. The van der Waals surface area contributed by atoms with E-state index < -0.39 is 15.9 Å². The Morgan fingerprint density at radius 3 is 2.30 bits per heavy atom. The van der Waals surface area contributed by atoms with Gasteiger partial charge in [-0.3, -0.25) is 10.1 Å². The lowest BCUT2D eigenvalue weighted by Crippen LogP contribution is -2.31. The van der Waals surface area contributed by atoms with Crippen molar-refractivity contribution in [3.63, 3.8) is 0 Å². The number of anilines is 1. The second kappa shape index (κ2) is 10.5. The van der Waals surface area contributed by atoms with E-state index in [9.17, 15) is 13.2 Å². The highest BCUT2D eigenvalue weighted by Gasteiger charge is 2.25. The van der Waals surface area contributed by atoms with E-state index in [1.54, 1.807) is 11.8 Å². The number of amides is 1. The molecule has 0 unspecified atom stereocenters. The van der Waals surface area contributed by atoms with Crippen molar-refractivity contribution in [3.8, 4) is 0 Å². The van der Waals surface area contributed by atoms with Crippen LogP contribution in [0.4, 0.5) is 6.01 Å². The molecule has 0 saturated carbocycles. The zero-order valence-corrected chi connectivity index (χ0v) is 20.0. The van der Waals surface area contributed by atoms with Crippen LogP contribution in [0.5, 0.6) is 0 Å². The Hall–Kier alpha value is -2.69. The van der Waals surface area contributed by atoms with E-state index >= 15 is 0 Å². The molecule has 0 aliphatic carbocycles. The fourth-order valence-corrected chi connectivity index (χ4v) is 5.60. The summed E-state index contributed by atoms with van der Waals surface area (Å²) in [5.41, 5.74) is 1.33. The molecule has 33 heavy (non-hydrogen) atoms. The lowest BCUT2D eigenvalue weighted by atomic mass is 10.1. The number of hydrogen-bond acceptors (Lipinski definition) is 7. The van der Waals surface area contributed by atoms with Gasteiger partial charge in [-0.15, -0.1) is 16.9 Å². The first kappa shape index (κ1) is 23.5. The minimum absolute atomic E-state index is 0.00278. The zero-order chi connectivity index (χ0) is 23.3. The second-order valence-corrected chi connectivity index (χ2v) is 10.6. The van der Waals surface area contributed by atoms with E-state index in [0.29, 0.717) is 31.0 Å². The predicted octanol–water partition coefficient (Wildman–Crippen LogP) is 4.20. The Morgan fingerprint density at radius 1 is 1.00 bits per heavy atom. The van der Waals surface area contributed by atoms with E-state index in [1.165, 1.54) is 33.5 Å². The molecule has 2 heterocycles. The van der Waals surface area contributed by atoms with Crippen LogP contribution in [-0.4, -0.2) is 48.2 Å². The zero-order valence-electron chi connectivity index (χ0n) is 18.4. The van der Waals surface area contributed by atoms with Crippen molar-refractivity contribution in [1.29, 1.82) is 0 Å². The van der Waals surface area contributed by atoms with Crippen molar-refractivity contribution in [2.75, 3.05) is 24.7 Å². The Labute approximate surface area is 197 Å². The molecule has 8 nitrogen and oxygen atoms in total. The molecule has 1 amide bonds. The molecule has 0 spiro atoms. The van der Waals surface area contributed by atoms with Gasteiger partial charge in [0.1, 0.15) is 0 Å². The summed E-state index contributed by atoms with van der Waals surface area (Å²) in [7, 11) is -3.56. The number of carbonyl (C=O) groups excluding carboxylic acids is 1. The van der Waals surface area contributed by atoms with Gasteiger partial charge in [0.05, 0.1) is 11.3 Å². The van der Waals surface area contributed by atoms with Crippen molar-refractivity contribution in [1.82, 2.24) is 14.5 Å². The third-order valence-corrected chi connectivity index (χ3v) is 8.18. The maximum absolute atomic E-state index is 12.9. The van der Waals surface area contributed by atoms with Crippen LogP contribution < -0.4 is 5.32 Å². The molecule has 0 radical (unpaired) electrons. The van der Waals surface area contributed by atoms with Crippen LogP contribution in [0, 0.1) is 0 Å². The molecular formula is C23H26N4O4S2. The number of nitrogens with one attached hydrogen (secondary N) is 1. The van der Waals surface area contributed by atoms with Gasteiger partial charge in [-0.1, -0.05) is 30.1 Å². The molecule has 3 aromatic rings. The van der Waals surface area contributed by atoms with E-state index in [-0.39, 0.29) is 10.9 Å². The Balaban J connectivity index is 1.38. The van der Waals surface area contributed by atoms with Crippen LogP contribution in [0.1, 0.15) is 47.5 Å². The molecule has 1 aromatic heterocycles. The molecule has 1 saturated heterocycles. The van der Waals surface area contributed by atoms with Gasteiger partial charge in [0.25, 0.3) is 5.91 Å². The first-order valence-corrected chi connectivity index (χ1v) is 13.5. The third kappa shape index (κ3) is 5.82. The minimum Gasteiger partial charge on any atom is -0.407 e. The molecule has 1 aliphatic heterocycles. The summed E-state index contributed by atoms with van der Waals surface area (Å²) in [6.45, 7) is 1.07. The molecule has 1 fully saturated rings. The predicted molar refractivity (Wildman–Crippen MR) is 127 cm³/mol. The fraction of sp³-hybridized carbons (Fsp3) is 0.348. The van der Waals surface area contributed by atoms with E-state index in [1.807, 2.05) is 30.5 Å². The average Bonchev–Trinajstić information content (AvgIpc) is 3.08. The maximum Gasteiger partial charge on any atom is 0.322 e. The molecule has 1 N–H and O–H groups in total. The number of hydrogen-bond donors (Lipinski definition) is 1. The van der Waals surface area contributed by atoms with Gasteiger partial charge in [-0.25, -0.2) is 8.42 Å². The van der Waals surface area contributed by atoms with Gasteiger partial charge in [0, 0.05) is 23.5 Å². The summed E-state index contributed by atoms with van der Waals surface area (Å²) >= 11 is 1.67. The number of thioether (sulfide) groups is 1. The van der Waals surface area contributed by atoms with Crippen LogP contribution in [0.25, 0.3) is 0 Å². The average molecular weight is 487 g/mol. The maximum atomic E-state index is 12.9. The molecule has 174 valence electrons. The highest BCUT2D eigenvalue weighted by Crippen LogP contribution is 2.21. The number of carbonyl (C=O) groups is 1. The van der Waals surface area contributed by atoms with Crippen molar-refractivity contribution in [2.45, 2.75) is 41.9 Å². The summed E-state index contributed by atoms with van der Waals surface area (Å²) in [5.74, 6) is -0.0608. The number of aromatic nitrogens is 2. The topological polar surface area (TPSA) is 105 Å². The molecule has 4 rings (SSSR count). The lowest BCUT2D eigenvalue weighted by molar-refractivity contribution is 0.102. The van der Waals surface area contributed by atoms with Crippen molar-refractivity contribution in [2.24, 2.45) is 0 Å². The Kier molecular flexibility index (Phi) is 7.46. The number of rotatable bonds is 7. The first-order valence-electron chi connectivity index (χ1n) is 10.8. The number of benzene rings is 2. The highest BCUT2D eigenvalue weighted by atomic mass is 32.2.